The van der Waals surface area contributed by atoms with Crippen LogP contribution in [0.15, 0.2) is 48.9 Å². The van der Waals surface area contributed by atoms with Gasteiger partial charge in [-0.1, -0.05) is 30.3 Å². The van der Waals surface area contributed by atoms with Crippen molar-refractivity contribution in [2.45, 2.75) is 18.9 Å². The zero-order valence-electron chi connectivity index (χ0n) is 14.9. The number of nitrogens with one attached hydrogen (secondary N) is 1. The van der Waals surface area contributed by atoms with Crippen LogP contribution < -0.4 is 5.32 Å². The van der Waals surface area contributed by atoms with Crippen LogP contribution in [0.5, 0.6) is 0 Å². The van der Waals surface area contributed by atoms with Gasteiger partial charge in [-0.05, 0) is 37.6 Å². The Kier molecular flexibility index (Phi) is 4.67. The minimum absolute atomic E-state index is 0.0405. The molecular formula is C20H23N5O. The first kappa shape index (κ1) is 16.7. The lowest BCUT2D eigenvalue weighted by Gasteiger charge is -2.25. The largest absolute Gasteiger partial charge is 0.344 e. The Labute approximate surface area is 152 Å². The van der Waals surface area contributed by atoms with E-state index in [0.717, 1.165) is 36.4 Å². The number of hydrogen-bond donors (Lipinski definition) is 1. The van der Waals surface area contributed by atoms with Crippen molar-refractivity contribution in [3.05, 3.63) is 60.0 Å². The highest BCUT2D eigenvalue weighted by Crippen LogP contribution is 2.19. The Morgan fingerprint density at radius 1 is 1.19 bits per heavy atom. The number of aryl methyl sites for hydroxylation is 1. The van der Waals surface area contributed by atoms with Gasteiger partial charge < -0.3 is 14.8 Å². The predicted octanol–water partition coefficient (Wildman–Crippen LogP) is 2.54. The Bertz CT molecular complexity index is 899. The molecule has 1 unspecified atom stereocenters. The van der Waals surface area contributed by atoms with E-state index >= 15 is 0 Å². The fraction of sp³-hybridized carbons (Fsp3) is 0.350. The van der Waals surface area contributed by atoms with Gasteiger partial charge in [0.1, 0.15) is 5.52 Å². The molecule has 6 nitrogen and oxygen atoms in total. The molecule has 26 heavy (non-hydrogen) atoms. The molecule has 1 aliphatic rings. The standard InChI is InChI=1S/C20H23N5O/c1-24-14-22-17-11-16(12-21-19(17)24)20(26)23-18(13-25-9-5-6-10-25)15-7-3-2-4-8-15/h2-4,7-8,11-12,14,18H,5-6,9-10,13H2,1H3,(H,23,26). The maximum absolute atomic E-state index is 12.8. The molecule has 1 N–H and O–H groups in total. The zero-order valence-corrected chi connectivity index (χ0v) is 14.9. The van der Waals surface area contributed by atoms with Crippen LogP contribution in [-0.4, -0.2) is 45.0 Å². The summed E-state index contributed by atoms with van der Waals surface area (Å²) in [6, 6.07) is 11.9. The third-order valence-corrected chi connectivity index (χ3v) is 4.96. The van der Waals surface area contributed by atoms with Gasteiger partial charge in [-0.25, -0.2) is 9.97 Å². The van der Waals surface area contributed by atoms with Crippen LogP contribution in [-0.2, 0) is 7.05 Å². The van der Waals surface area contributed by atoms with Crippen LogP contribution in [0.2, 0.25) is 0 Å². The summed E-state index contributed by atoms with van der Waals surface area (Å²) in [5.74, 6) is -0.113. The number of fused-ring (bicyclic) bond motifs is 1. The highest BCUT2D eigenvalue weighted by Gasteiger charge is 2.21. The van der Waals surface area contributed by atoms with Crippen molar-refractivity contribution in [3.8, 4) is 0 Å². The van der Waals surface area contributed by atoms with E-state index < -0.39 is 0 Å². The maximum atomic E-state index is 12.8. The van der Waals surface area contributed by atoms with Crippen molar-refractivity contribution in [2.75, 3.05) is 19.6 Å². The maximum Gasteiger partial charge on any atom is 0.253 e. The van der Waals surface area contributed by atoms with Crippen LogP contribution in [0.3, 0.4) is 0 Å². The molecule has 3 heterocycles. The van der Waals surface area contributed by atoms with Crippen molar-refractivity contribution in [1.29, 1.82) is 0 Å². The molecule has 2 aromatic heterocycles. The number of hydrogen-bond acceptors (Lipinski definition) is 4. The Balaban J connectivity index is 1.55. The summed E-state index contributed by atoms with van der Waals surface area (Å²) >= 11 is 0. The summed E-state index contributed by atoms with van der Waals surface area (Å²) in [6.07, 6.45) is 5.79. The highest BCUT2D eigenvalue weighted by molar-refractivity contribution is 5.96. The average molecular weight is 349 g/mol. The van der Waals surface area contributed by atoms with Gasteiger partial charge >= 0.3 is 0 Å². The van der Waals surface area contributed by atoms with E-state index in [0.29, 0.717) is 5.56 Å². The number of amides is 1. The lowest BCUT2D eigenvalue weighted by Crippen LogP contribution is -2.37. The summed E-state index contributed by atoms with van der Waals surface area (Å²) in [7, 11) is 1.89. The molecule has 1 saturated heterocycles. The van der Waals surface area contributed by atoms with Crippen LogP contribution in [0.25, 0.3) is 11.2 Å². The van der Waals surface area contributed by atoms with Gasteiger partial charge in [0.2, 0.25) is 0 Å². The molecule has 0 aliphatic carbocycles. The van der Waals surface area contributed by atoms with Crippen molar-refractivity contribution in [2.24, 2.45) is 7.05 Å². The molecule has 1 fully saturated rings. The summed E-state index contributed by atoms with van der Waals surface area (Å²) in [4.78, 5) is 23.9. The van der Waals surface area contributed by atoms with Crippen LogP contribution in [0.4, 0.5) is 0 Å². The third-order valence-electron chi connectivity index (χ3n) is 4.96. The second-order valence-electron chi connectivity index (χ2n) is 6.87. The van der Waals surface area contributed by atoms with Gasteiger partial charge in [-0.15, -0.1) is 0 Å². The molecule has 4 rings (SSSR count). The van der Waals surface area contributed by atoms with Gasteiger partial charge in [-0.3, -0.25) is 4.79 Å². The second-order valence-corrected chi connectivity index (χ2v) is 6.87. The Hall–Kier alpha value is -2.73. The number of nitrogens with zero attached hydrogens (tertiary/aromatic N) is 4. The predicted molar refractivity (Wildman–Crippen MR) is 101 cm³/mol. The number of carbonyl (C=O) groups excluding carboxylic acids is 1. The molecule has 3 aromatic rings. The van der Waals surface area contributed by atoms with Crippen molar-refractivity contribution < 1.29 is 4.79 Å². The molecule has 0 spiro atoms. The number of rotatable bonds is 5. The summed E-state index contributed by atoms with van der Waals surface area (Å²) in [6.45, 7) is 3.02. The molecule has 1 amide bonds. The second kappa shape index (κ2) is 7.25. The number of pyridine rings is 1. The fourth-order valence-corrected chi connectivity index (χ4v) is 3.53. The number of likely N-dealkylation sites (tertiary alicyclic amines) is 1. The van der Waals surface area contributed by atoms with Gasteiger partial charge in [0.25, 0.3) is 5.91 Å². The normalized spacial score (nSPS) is 16.0. The summed E-state index contributed by atoms with van der Waals surface area (Å²) in [5.41, 5.74) is 3.17. The molecule has 6 heteroatoms. The molecular weight excluding hydrogens is 326 g/mol. The zero-order chi connectivity index (χ0) is 17.9. The molecule has 134 valence electrons. The van der Waals surface area contributed by atoms with Gasteiger partial charge in [0, 0.05) is 19.8 Å². The minimum Gasteiger partial charge on any atom is -0.344 e. The quantitative estimate of drug-likeness (QED) is 0.769. The lowest BCUT2D eigenvalue weighted by atomic mass is 10.1. The van der Waals surface area contributed by atoms with Crippen molar-refractivity contribution >= 4 is 17.1 Å². The molecule has 1 atom stereocenters. The van der Waals surface area contributed by atoms with E-state index in [4.69, 9.17) is 0 Å². The average Bonchev–Trinajstić information content (AvgIpc) is 3.31. The topological polar surface area (TPSA) is 63.1 Å². The summed E-state index contributed by atoms with van der Waals surface area (Å²) < 4.78 is 1.84. The molecule has 1 aliphatic heterocycles. The van der Waals surface area contributed by atoms with E-state index in [1.54, 1.807) is 18.6 Å². The van der Waals surface area contributed by atoms with Crippen LogP contribution >= 0.6 is 0 Å². The van der Waals surface area contributed by atoms with Gasteiger partial charge in [0.15, 0.2) is 5.65 Å². The van der Waals surface area contributed by atoms with E-state index in [9.17, 15) is 4.79 Å². The van der Waals surface area contributed by atoms with E-state index in [-0.39, 0.29) is 11.9 Å². The smallest absolute Gasteiger partial charge is 0.253 e. The van der Waals surface area contributed by atoms with E-state index in [2.05, 4.69) is 32.3 Å². The molecule has 0 radical (unpaired) electrons. The summed E-state index contributed by atoms with van der Waals surface area (Å²) in [5, 5.41) is 3.19. The molecule has 0 saturated carbocycles. The van der Waals surface area contributed by atoms with Crippen molar-refractivity contribution in [3.63, 3.8) is 0 Å². The Morgan fingerprint density at radius 2 is 1.96 bits per heavy atom. The van der Waals surface area contributed by atoms with Gasteiger partial charge in [0.05, 0.1) is 17.9 Å². The molecule has 0 bridgehead atoms. The van der Waals surface area contributed by atoms with E-state index in [1.165, 1.54) is 12.8 Å². The monoisotopic (exact) mass is 349 g/mol. The first-order chi connectivity index (χ1) is 12.7. The number of benzene rings is 1. The number of carbonyl (C=O) groups is 1. The number of imidazole rings is 1. The van der Waals surface area contributed by atoms with Gasteiger partial charge in [-0.2, -0.15) is 0 Å². The Morgan fingerprint density at radius 3 is 2.73 bits per heavy atom. The molecule has 1 aromatic carbocycles. The fourth-order valence-electron chi connectivity index (χ4n) is 3.53. The van der Waals surface area contributed by atoms with Crippen LogP contribution in [0, 0.1) is 0 Å². The first-order valence-electron chi connectivity index (χ1n) is 9.06. The highest BCUT2D eigenvalue weighted by atomic mass is 16.1. The SMILES string of the molecule is Cn1cnc2cc(C(=O)NC(CN3CCCC3)c3ccccc3)cnc21. The van der Waals surface area contributed by atoms with E-state index in [1.807, 2.05) is 29.8 Å². The van der Waals surface area contributed by atoms with Crippen LogP contribution in [0.1, 0.15) is 34.8 Å². The lowest BCUT2D eigenvalue weighted by molar-refractivity contribution is 0.0927. The minimum atomic E-state index is -0.113. The van der Waals surface area contributed by atoms with Crippen molar-refractivity contribution in [1.82, 2.24) is 24.8 Å². The number of aromatic nitrogens is 3. The third kappa shape index (κ3) is 3.46. The first-order valence-corrected chi connectivity index (χ1v) is 9.06.